The molecule has 3 heterocycles. The summed E-state index contributed by atoms with van der Waals surface area (Å²) in [5.41, 5.74) is 2.56. The van der Waals surface area contributed by atoms with Crippen LogP contribution in [-0.2, 0) is 17.7 Å². The van der Waals surface area contributed by atoms with E-state index in [0.29, 0.717) is 18.0 Å². The Morgan fingerprint density at radius 3 is 3.00 bits per heavy atom. The molecule has 26 heavy (non-hydrogen) atoms. The topological polar surface area (TPSA) is 89.6 Å². The molecule has 1 N–H and O–H groups in total. The minimum atomic E-state index is -1.28. The molecule has 9 heteroatoms. The van der Waals surface area contributed by atoms with Crippen LogP contribution in [0.2, 0.25) is 5.02 Å². The molecule has 3 aromatic rings. The number of hydrogen-bond acceptors (Lipinski definition) is 6. The first kappa shape index (κ1) is 16.7. The summed E-state index contributed by atoms with van der Waals surface area (Å²) in [7, 11) is 0. The van der Waals surface area contributed by atoms with E-state index >= 15 is 0 Å². The van der Waals surface area contributed by atoms with Crippen molar-refractivity contribution >= 4 is 34.8 Å². The Morgan fingerprint density at radius 2 is 2.19 bits per heavy atom. The van der Waals surface area contributed by atoms with Crippen LogP contribution in [0.5, 0.6) is 0 Å². The highest BCUT2D eigenvalue weighted by atomic mass is 35.5. The van der Waals surface area contributed by atoms with Crippen molar-refractivity contribution in [1.82, 2.24) is 14.8 Å². The first-order chi connectivity index (χ1) is 12.6. The molecule has 132 valence electrons. The lowest BCUT2D eigenvalue weighted by Gasteiger charge is -2.07. The van der Waals surface area contributed by atoms with Crippen LogP contribution in [0.4, 0.5) is 4.79 Å². The number of ether oxygens (including phenoxy) is 1. The number of thiophene rings is 1. The molecule has 0 saturated heterocycles. The Kier molecular flexibility index (Phi) is 4.44. The smallest absolute Gasteiger partial charge is 0.450 e. The van der Waals surface area contributed by atoms with E-state index < -0.39 is 6.16 Å². The van der Waals surface area contributed by atoms with Gasteiger partial charge < -0.3 is 9.84 Å². The number of carbonyl (C=O) groups is 1. The molecular formula is C17H13ClN4O3S. The number of hydrogen-bond donors (Lipinski definition) is 1. The first-order valence-electron chi connectivity index (χ1n) is 7.81. The largest absolute Gasteiger partial charge is 0.505 e. The highest BCUT2D eigenvalue weighted by molar-refractivity contribution is 7.15. The number of aromatic nitrogens is 3. The third kappa shape index (κ3) is 3.09. The molecule has 0 amide bonds. The molecule has 1 aliphatic heterocycles. The summed E-state index contributed by atoms with van der Waals surface area (Å²) in [6.07, 6.45) is 0.868. The molecular weight excluding hydrogens is 376 g/mol. The number of fused-ring (bicyclic) bond motifs is 3. The fraction of sp³-hybridized carbons (Fsp3) is 0.176. The highest BCUT2D eigenvalue weighted by Crippen LogP contribution is 2.33. The van der Waals surface area contributed by atoms with Gasteiger partial charge in [-0.2, -0.15) is 0 Å². The maximum atomic E-state index is 10.6. The second-order valence-corrected chi connectivity index (χ2v) is 7.08. The van der Waals surface area contributed by atoms with Crippen LogP contribution < -0.4 is 0 Å². The molecule has 1 aliphatic rings. The zero-order chi connectivity index (χ0) is 18.1. The number of rotatable bonds is 4. The molecule has 1 aromatic carbocycles. The van der Waals surface area contributed by atoms with Crippen LogP contribution in [0.3, 0.4) is 0 Å². The van der Waals surface area contributed by atoms with Crippen LogP contribution in [0.25, 0.3) is 5.00 Å². The lowest BCUT2D eigenvalue weighted by Crippen LogP contribution is -2.05. The average molecular weight is 389 g/mol. The SMILES string of the molecule is O=C(O)OCCc1cc2c(s1)-n1cnnc1CN=C2c1ccccc1Cl. The predicted octanol–water partition coefficient (Wildman–Crippen LogP) is 3.57. The van der Waals surface area contributed by atoms with Gasteiger partial charge in [0.1, 0.15) is 17.9 Å². The van der Waals surface area contributed by atoms with Gasteiger partial charge in [-0.1, -0.05) is 29.8 Å². The van der Waals surface area contributed by atoms with Crippen LogP contribution in [0, 0.1) is 0 Å². The van der Waals surface area contributed by atoms with Crippen molar-refractivity contribution in [2.24, 2.45) is 4.99 Å². The summed E-state index contributed by atoms with van der Waals surface area (Å²) >= 11 is 7.93. The minimum Gasteiger partial charge on any atom is -0.450 e. The van der Waals surface area contributed by atoms with Crippen LogP contribution >= 0.6 is 22.9 Å². The Labute approximate surface area is 157 Å². The highest BCUT2D eigenvalue weighted by Gasteiger charge is 2.23. The van der Waals surface area contributed by atoms with Gasteiger partial charge in [0, 0.05) is 27.4 Å². The normalized spacial score (nSPS) is 12.7. The molecule has 0 aliphatic carbocycles. The zero-order valence-electron chi connectivity index (χ0n) is 13.4. The maximum absolute atomic E-state index is 10.6. The van der Waals surface area contributed by atoms with Crippen molar-refractivity contribution in [2.45, 2.75) is 13.0 Å². The molecule has 0 fully saturated rings. The van der Waals surface area contributed by atoms with E-state index in [-0.39, 0.29) is 6.61 Å². The average Bonchev–Trinajstić information content (AvgIpc) is 3.21. The van der Waals surface area contributed by atoms with Gasteiger partial charge in [-0.25, -0.2) is 4.79 Å². The van der Waals surface area contributed by atoms with Crippen molar-refractivity contribution in [2.75, 3.05) is 6.61 Å². The van der Waals surface area contributed by atoms with Gasteiger partial charge in [-0.15, -0.1) is 21.5 Å². The maximum Gasteiger partial charge on any atom is 0.505 e. The van der Waals surface area contributed by atoms with Gasteiger partial charge in [-0.05, 0) is 12.1 Å². The van der Waals surface area contributed by atoms with E-state index in [1.807, 2.05) is 34.9 Å². The summed E-state index contributed by atoms with van der Waals surface area (Å²) in [5, 5.41) is 18.3. The van der Waals surface area contributed by atoms with Crippen LogP contribution in [-0.4, -0.2) is 38.3 Å². The van der Waals surface area contributed by atoms with E-state index in [0.717, 1.165) is 32.5 Å². The van der Waals surface area contributed by atoms with Gasteiger partial charge in [0.25, 0.3) is 0 Å². The standard InChI is InChI=1S/C17H13ClN4O3S/c18-13-4-2-1-3-11(13)15-12-7-10(5-6-25-17(23)24)26-16(12)22-9-20-21-14(22)8-19-15/h1-4,7,9H,5-6,8H2,(H,23,24). The molecule has 0 radical (unpaired) electrons. The summed E-state index contributed by atoms with van der Waals surface area (Å²) in [6.45, 7) is 0.502. The summed E-state index contributed by atoms with van der Waals surface area (Å²) < 4.78 is 6.54. The Balaban J connectivity index is 1.78. The number of halogens is 1. The number of carboxylic acid groups (broad SMARTS) is 1. The second kappa shape index (κ2) is 6.89. The fourth-order valence-corrected chi connectivity index (χ4v) is 4.15. The Hall–Kier alpha value is -2.71. The quantitative estimate of drug-likeness (QED) is 0.690. The van der Waals surface area contributed by atoms with E-state index in [9.17, 15) is 4.79 Å². The van der Waals surface area contributed by atoms with Gasteiger partial charge in [-0.3, -0.25) is 9.56 Å². The minimum absolute atomic E-state index is 0.0995. The molecule has 0 saturated carbocycles. The number of nitrogens with zero attached hydrogens (tertiary/aromatic N) is 4. The third-order valence-electron chi connectivity index (χ3n) is 3.94. The van der Waals surface area contributed by atoms with Gasteiger partial charge in [0.2, 0.25) is 0 Å². The fourth-order valence-electron chi connectivity index (χ4n) is 2.80. The van der Waals surface area contributed by atoms with Crippen molar-refractivity contribution in [1.29, 1.82) is 0 Å². The van der Waals surface area contributed by atoms with Crippen molar-refractivity contribution in [3.8, 4) is 5.00 Å². The second-order valence-electron chi connectivity index (χ2n) is 5.56. The third-order valence-corrected chi connectivity index (χ3v) is 5.46. The monoisotopic (exact) mass is 388 g/mol. The van der Waals surface area contributed by atoms with Crippen molar-refractivity contribution in [3.63, 3.8) is 0 Å². The summed E-state index contributed by atoms with van der Waals surface area (Å²) in [5.74, 6) is 0.739. The lowest BCUT2D eigenvalue weighted by molar-refractivity contribution is 0.0929. The van der Waals surface area contributed by atoms with Gasteiger partial charge >= 0.3 is 6.16 Å². The lowest BCUT2D eigenvalue weighted by atomic mass is 10.0. The van der Waals surface area contributed by atoms with Crippen LogP contribution in [0.15, 0.2) is 41.7 Å². The van der Waals surface area contributed by atoms with E-state index in [4.69, 9.17) is 21.7 Å². The predicted molar refractivity (Wildman–Crippen MR) is 97.7 cm³/mol. The molecule has 4 rings (SSSR count). The molecule has 0 spiro atoms. The van der Waals surface area contributed by atoms with E-state index in [1.165, 1.54) is 11.3 Å². The molecule has 0 atom stereocenters. The van der Waals surface area contributed by atoms with E-state index in [2.05, 4.69) is 14.9 Å². The van der Waals surface area contributed by atoms with Gasteiger partial charge in [0.05, 0.1) is 12.3 Å². The van der Waals surface area contributed by atoms with Crippen molar-refractivity contribution < 1.29 is 14.6 Å². The molecule has 0 bridgehead atoms. The van der Waals surface area contributed by atoms with Crippen molar-refractivity contribution in [3.05, 3.63) is 63.5 Å². The summed E-state index contributed by atoms with van der Waals surface area (Å²) in [6, 6.07) is 9.56. The molecule has 7 nitrogen and oxygen atoms in total. The van der Waals surface area contributed by atoms with Crippen LogP contribution in [0.1, 0.15) is 21.8 Å². The zero-order valence-corrected chi connectivity index (χ0v) is 15.0. The molecule has 2 aromatic heterocycles. The van der Waals surface area contributed by atoms with E-state index in [1.54, 1.807) is 6.33 Å². The number of aliphatic imine (C=N–C) groups is 1. The number of benzene rings is 1. The van der Waals surface area contributed by atoms with Gasteiger partial charge in [0.15, 0.2) is 5.82 Å². The summed E-state index contributed by atoms with van der Waals surface area (Å²) in [4.78, 5) is 16.3. The molecule has 0 unspecified atom stereocenters. The Bertz CT molecular complexity index is 1010. The first-order valence-corrected chi connectivity index (χ1v) is 9.00. The Morgan fingerprint density at radius 1 is 1.35 bits per heavy atom.